The van der Waals surface area contributed by atoms with E-state index >= 15 is 0 Å². The predicted molar refractivity (Wildman–Crippen MR) is 67.0 cm³/mol. The molecule has 3 N–H and O–H groups in total. The maximum atomic E-state index is 11.8. The van der Waals surface area contributed by atoms with Crippen LogP contribution in [0.3, 0.4) is 0 Å². The summed E-state index contributed by atoms with van der Waals surface area (Å²) < 4.78 is 0. The van der Waals surface area contributed by atoms with E-state index < -0.39 is 0 Å². The molecular weight excluding hydrogens is 200 g/mol. The highest BCUT2D eigenvalue weighted by Crippen LogP contribution is 2.26. The molecule has 0 aromatic rings. The van der Waals surface area contributed by atoms with Crippen molar-refractivity contribution in [1.82, 2.24) is 5.32 Å². The minimum absolute atomic E-state index is 0.135. The normalized spacial score (nSPS) is 19.8. The predicted octanol–water partition coefficient (Wildman–Crippen LogP) is 2.06. The molecule has 0 saturated heterocycles. The Hall–Kier alpha value is -0.570. The molecule has 0 aliphatic heterocycles. The third-order valence-electron chi connectivity index (χ3n) is 3.60. The standard InChI is InChI=1S/C13H26N2O/c1-10(2)12(9-14)15-13(16)8-11-6-4-3-5-7-11/h10-12H,3-9,14H2,1-2H3,(H,15,16). The van der Waals surface area contributed by atoms with Gasteiger partial charge in [0.25, 0.3) is 0 Å². The van der Waals surface area contributed by atoms with Crippen LogP contribution in [0.2, 0.25) is 0 Å². The Kier molecular flexibility index (Phi) is 5.81. The minimum Gasteiger partial charge on any atom is -0.352 e. The van der Waals surface area contributed by atoms with Crippen LogP contribution in [0, 0.1) is 11.8 Å². The van der Waals surface area contributed by atoms with Crippen molar-refractivity contribution in [1.29, 1.82) is 0 Å². The number of rotatable bonds is 5. The van der Waals surface area contributed by atoms with Crippen molar-refractivity contribution in [2.24, 2.45) is 17.6 Å². The highest BCUT2D eigenvalue weighted by Gasteiger charge is 2.19. The highest BCUT2D eigenvalue weighted by molar-refractivity contribution is 5.76. The lowest BCUT2D eigenvalue weighted by molar-refractivity contribution is -0.123. The molecule has 1 fully saturated rings. The smallest absolute Gasteiger partial charge is 0.220 e. The summed E-state index contributed by atoms with van der Waals surface area (Å²) in [5.74, 6) is 1.22. The SMILES string of the molecule is CC(C)C(CN)NC(=O)CC1CCCCC1. The van der Waals surface area contributed by atoms with Crippen LogP contribution in [0.15, 0.2) is 0 Å². The second kappa shape index (κ2) is 6.89. The molecule has 0 bridgehead atoms. The average Bonchev–Trinajstić information content (AvgIpc) is 2.27. The molecule has 1 saturated carbocycles. The van der Waals surface area contributed by atoms with E-state index in [1.54, 1.807) is 0 Å². The molecule has 0 heterocycles. The van der Waals surface area contributed by atoms with Crippen molar-refractivity contribution < 1.29 is 4.79 Å². The molecule has 1 atom stereocenters. The van der Waals surface area contributed by atoms with Gasteiger partial charge in [-0.2, -0.15) is 0 Å². The Morgan fingerprint density at radius 1 is 1.31 bits per heavy atom. The molecule has 1 unspecified atom stereocenters. The number of amides is 1. The molecule has 1 amide bonds. The van der Waals surface area contributed by atoms with Crippen LogP contribution in [0.4, 0.5) is 0 Å². The van der Waals surface area contributed by atoms with Crippen molar-refractivity contribution in [3.63, 3.8) is 0 Å². The van der Waals surface area contributed by atoms with Crippen LogP contribution < -0.4 is 11.1 Å². The lowest BCUT2D eigenvalue weighted by atomic mass is 9.86. The van der Waals surface area contributed by atoms with Gasteiger partial charge in [0, 0.05) is 19.0 Å². The van der Waals surface area contributed by atoms with Gasteiger partial charge in [-0.15, -0.1) is 0 Å². The zero-order valence-corrected chi connectivity index (χ0v) is 10.7. The van der Waals surface area contributed by atoms with E-state index in [9.17, 15) is 4.79 Å². The Labute approximate surface area is 99.2 Å². The van der Waals surface area contributed by atoms with Crippen molar-refractivity contribution in [2.45, 2.75) is 58.4 Å². The van der Waals surface area contributed by atoms with E-state index in [1.807, 2.05) is 0 Å². The van der Waals surface area contributed by atoms with Crippen LogP contribution in [-0.4, -0.2) is 18.5 Å². The number of hydrogen-bond acceptors (Lipinski definition) is 2. The number of carbonyl (C=O) groups excluding carboxylic acids is 1. The third kappa shape index (κ3) is 4.52. The molecule has 3 nitrogen and oxygen atoms in total. The van der Waals surface area contributed by atoms with Gasteiger partial charge >= 0.3 is 0 Å². The summed E-state index contributed by atoms with van der Waals surface area (Å²) in [6.07, 6.45) is 7.08. The van der Waals surface area contributed by atoms with Crippen LogP contribution in [0.1, 0.15) is 52.4 Å². The summed E-state index contributed by atoms with van der Waals surface area (Å²) in [6.45, 7) is 4.73. The van der Waals surface area contributed by atoms with E-state index in [1.165, 1.54) is 32.1 Å². The Morgan fingerprint density at radius 3 is 2.44 bits per heavy atom. The Balaban J connectivity index is 2.28. The molecule has 1 rings (SSSR count). The van der Waals surface area contributed by atoms with Gasteiger partial charge in [-0.3, -0.25) is 4.79 Å². The molecule has 1 aliphatic rings. The molecule has 1 aliphatic carbocycles. The van der Waals surface area contributed by atoms with Gasteiger partial charge in [0.2, 0.25) is 5.91 Å². The van der Waals surface area contributed by atoms with E-state index in [0.717, 1.165) is 0 Å². The number of nitrogens with one attached hydrogen (secondary N) is 1. The topological polar surface area (TPSA) is 55.1 Å². The van der Waals surface area contributed by atoms with Gasteiger partial charge in [-0.1, -0.05) is 33.1 Å². The van der Waals surface area contributed by atoms with Crippen molar-refractivity contribution in [3.05, 3.63) is 0 Å². The highest BCUT2D eigenvalue weighted by atomic mass is 16.1. The van der Waals surface area contributed by atoms with E-state index in [2.05, 4.69) is 19.2 Å². The molecular formula is C13H26N2O. The van der Waals surface area contributed by atoms with Gasteiger partial charge in [0.05, 0.1) is 0 Å². The molecule has 0 aromatic carbocycles. The van der Waals surface area contributed by atoms with Crippen molar-refractivity contribution in [3.8, 4) is 0 Å². The van der Waals surface area contributed by atoms with Gasteiger partial charge in [0.1, 0.15) is 0 Å². The lowest BCUT2D eigenvalue weighted by Gasteiger charge is -2.24. The van der Waals surface area contributed by atoms with Gasteiger partial charge in [-0.25, -0.2) is 0 Å². The van der Waals surface area contributed by atoms with Crippen LogP contribution >= 0.6 is 0 Å². The van der Waals surface area contributed by atoms with Crippen LogP contribution in [0.5, 0.6) is 0 Å². The first-order chi connectivity index (χ1) is 7.63. The maximum absolute atomic E-state index is 11.8. The summed E-state index contributed by atoms with van der Waals surface area (Å²) in [5, 5.41) is 3.05. The minimum atomic E-state index is 0.135. The van der Waals surface area contributed by atoms with Crippen LogP contribution in [0.25, 0.3) is 0 Å². The van der Waals surface area contributed by atoms with Gasteiger partial charge in [-0.05, 0) is 24.7 Å². The van der Waals surface area contributed by atoms with Crippen molar-refractivity contribution in [2.75, 3.05) is 6.54 Å². The number of carbonyl (C=O) groups is 1. The fourth-order valence-electron chi connectivity index (χ4n) is 2.42. The number of nitrogens with two attached hydrogens (primary N) is 1. The maximum Gasteiger partial charge on any atom is 0.220 e. The molecule has 0 radical (unpaired) electrons. The first kappa shape index (κ1) is 13.5. The summed E-state index contributed by atoms with van der Waals surface area (Å²) in [4.78, 5) is 11.8. The molecule has 0 aromatic heterocycles. The summed E-state index contributed by atoms with van der Waals surface area (Å²) >= 11 is 0. The summed E-state index contributed by atoms with van der Waals surface area (Å²) in [7, 11) is 0. The summed E-state index contributed by atoms with van der Waals surface area (Å²) in [5.41, 5.74) is 5.64. The first-order valence-electron chi connectivity index (χ1n) is 6.63. The van der Waals surface area contributed by atoms with Crippen molar-refractivity contribution >= 4 is 5.91 Å². The second-order valence-electron chi connectivity index (χ2n) is 5.36. The molecule has 0 spiro atoms. The molecule has 16 heavy (non-hydrogen) atoms. The fourth-order valence-corrected chi connectivity index (χ4v) is 2.42. The van der Waals surface area contributed by atoms with Gasteiger partial charge < -0.3 is 11.1 Å². The van der Waals surface area contributed by atoms with Gasteiger partial charge in [0.15, 0.2) is 0 Å². The number of hydrogen-bond donors (Lipinski definition) is 2. The largest absolute Gasteiger partial charge is 0.352 e. The average molecular weight is 226 g/mol. The Morgan fingerprint density at radius 2 is 1.94 bits per heavy atom. The molecule has 94 valence electrons. The second-order valence-corrected chi connectivity index (χ2v) is 5.36. The molecule has 3 heteroatoms. The summed E-state index contributed by atoms with van der Waals surface area (Å²) in [6, 6.07) is 0.135. The van der Waals surface area contributed by atoms with E-state index in [4.69, 9.17) is 5.73 Å². The quantitative estimate of drug-likeness (QED) is 0.754. The third-order valence-corrected chi connectivity index (χ3v) is 3.60. The lowest BCUT2D eigenvalue weighted by Crippen LogP contribution is -2.44. The van der Waals surface area contributed by atoms with Crippen LogP contribution in [-0.2, 0) is 4.79 Å². The monoisotopic (exact) mass is 226 g/mol. The zero-order valence-electron chi connectivity index (χ0n) is 10.7. The first-order valence-corrected chi connectivity index (χ1v) is 6.63. The Bertz CT molecular complexity index is 210. The van der Waals surface area contributed by atoms with E-state index in [0.29, 0.717) is 24.8 Å². The van der Waals surface area contributed by atoms with E-state index in [-0.39, 0.29) is 11.9 Å². The zero-order chi connectivity index (χ0) is 12.0. The fraction of sp³-hybridized carbons (Fsp3) is 0.923.